The third-order valence-corrected chi connectivity index (χ3v) is 4.56. The molecule has 0 spiro atoms. The monoisotopic (exact) mass is 457 g/mol. The molecule has 0 saturated carbocycles. The quantitative estimate of drug-likeness (QED) is 0.591. The fourth-order valence-corrected chi connectivity index (χ4v) is 3.02. The minimum Gasteiger partial charge on any atom is -1.00 e. The summed E-state index contributed by atoms with van der Waals surface area (Å²) in [5.41, 5.74) is 0. The Morgan fingerprint density at radius 1 is 0.808 bits per heavy atom. The van der Waals surface area contributed by atoms with Gasteiger partial charge in [-0.1, -0.05) is 29.8 Å². The molecule has 3 rings (SSSR count). The van der Waals surface area contributed by atoms with Gasteiger partial charge in [0.15, 0.2) is 12.6 Å². The number of piperidine rings is 1. The number of hydrogen-bond acceptors (Lipinski definition) is 5. The summed E-state index contributed by atoms with van der Waals surface area (Å²) in [6.45, 7) is 9.83. The van der Waals surface area contributed by atoms with Crippen LogP contribution in [0.3, 0.4) is 0 Å². The number of halogens is 1. The molecule has 0 unspecified atom stereocenters. The van der Waals surface area contributed by atoms with Crippen molar-refractivity contribution < 1.29 is 71.8 Å². The smallest absolute Gasteiger partial charge is 1.00 e. The second kappa shape index (κ2) is 15.1. The van der Waals surface area contributed by atoms with Crippen molar-refractivity contribution >= 4 is 15.9 Å². The van der Waals surface area contributed by atoms with Gasteiger partial charge in [0.1, 0.15) is 0 Å². The van der Waals surface area contributed by atoms with E-state index in [1.54, 1.807) is 4.99 Å². The van der Waals surface area contributed by atoms with Gasteiger partial charge in [-0.3, -0.25) is 0 Å². The SMILES string of the molecule is CC1COC(/C=C/Br)OC1.CC1COC(/C=C/N2CCCCC2)OC1.[H-].[K+]. The Labute approximate surface area is 210 Å². The van der Waals surface area contributed by atoms with Crippen LogP contribution in [0, 0.1) is 11.8 Å². The van der Waals surface area contributed by atoms with Gasteiger partial charge in [0.2, 0.25) is 0 Å². The first-order valence-electron chi connectivity index (χ1n) is 9.33. The summed E-state index contributed by atoms with van der Waals surface area (Å²) in [7, 11) is 0. The molecule has 0 bridgehead atoms. The molecule has 0 aliphatic carbocycles. The van der Waals surface area contributed by atoms with Crippen molar-refractivity contribution in [2.45, 2.75) is 45.7 Å². The third kappa shape index (κ3) is 10.7. The number of nitrogens with zero attached hydrogens (tertiary/aromatic N) is 1. The van der Waals surface area contributed by atoms with E-state index in [4.69, 9.17) is 18.9 Å². The topological polar surface area (TPSA) is 40.2 Å². The number of ether oxygens (including phenoxy) is 4. The largest absolute Gasteiger partial charge is 1.00 e. The summed E-state index contributed by atoms with van der Waals surface area (Å²) in [5, 5.41) is 0. The van der Waals surface area contributed by atoms with Crippen molar-refractivity contribution in [3.05, 3.63) is 23.3 Å². The molecule has 3 aliphatic rings. The molecule has 0 aromatic carbocycles. The van der Waals surface area contributed by atoms with Crippen molar-refractivity contribution in [2.24, 2.45) is 11.8 Å². The second-order valence-corrected chi connectivity index (χ2v) is 7.57. The molecule has 3 aliphatic heterocycles. The van der Waals surface area contributed by atoms with Gasteiger partial charge in [-0.05, 0) is 42.6 Å². The molecule has 0 amide bonds. The van der Waals surface area contributed by atoms with Gasteiger partial charge in [0.25, 0.3) is 0 Å². The molecule has 5 nitrogen and oxygen atoms in total. The van der Waals surface area contributed by atoms with E-state index in [-0.39, 0.29) is 65.4 Å². The Morgan fingerprint density at radius 2 is 1.27 bits per heavy atom. The molecule has 0 aromatic rings. The van der Waals surface area contributed by atoms with Crippen LogP contribution in [0.2, 0.25) is 0 Å². The summed E-state index contributed by atoms with van der Waals surface area (Å²) in [6.07, 6.45) is 9.75. The van der Waals surface area contributed by atoms with Crippen molar-refractivity contribution in [3.63, 3.8) is 0 Å². The van der Waals surface area contributed by atoms with Gasteiger partial charge < -0.3 is 25.3 Å². The Hall–Kier alpha value is 1.24. The number of rotatable bonds is 3. The molecule has 3 saturated heterocycles. The normalized spacial score (nSPS) is 32.8. The summed E-state index contributed by atoms with van der Waals surface area (Å²) in [5.74, 6) is 1.06. The van der Waals surface area contributed by atoms with E-state index in [1.807, 2.05) is 12.2 Å². The fourth-order valence-electron chi connectivity index (χ4n) is 2.77. The van der Waals surface area contributed by atoms with Crippen molar-refractivity contribution in [3.8, 4) is 0 Å². The van der Waals surface area contributed by atoms with Crippen LogP contribution in [0.15, 0.2) is 23.3 Å². The van der Waals surface area contributed by atoms with E-state index in [9.17, 15) is 0 Å². The van der Waals surface area contributed by atoms with Crippen LogP contribution >= 0.6 is 15.9 Å². The summed E-state index contributed by atoms with van der Waals surface area (Å²) >= 11 is 3.16. The van der Waals surface area contributed by atoms with E-state index in [0.29, 0.717) is 11.8 Å². The average molecular weight is 458 g/mol. The maximum Gasteiger partial charge on any atom is 1.00 e. The molecule has 146 valence electrons. The van der Waals surface area contributed by atoms with E-state index < -0.39 is 0 Å². The van der Waals surface area contributed by atoms with Gasteiger partial charge >= 0.3 is 51.4 Å². The standard InChI is InChI=1S/C12H21NO2.C7H11BrO2.K.H/c1-11-9-14-12(15-10-11)5-8-13-6-3-2-4-7-13;1-6-4-9-7(2-3-8)10-5-6;;/h5,8,11-12H,2-4,6-7,9-10H2,1H3;2-3,6-7H,4-5H2,1H3;;/q;;+1;-1/b8-5+;3-2+;;. The minimum atomic E-state index is -0.143. The first-order chi connectivity index (χ1) is 12.2. The van der Waals surface area contributed by atoms with E-state index in [1.165, 1.54) is 32.4 Å². The molecule has 0 radical (unpaired) electrons. The van der Waals surface area contributed by atoms with Crippen LogP contribution in [-0.2, 0) is 18.9 Å². The zero-order valence-electron chi connectivity index (χ0n) is 17.4. The van der Waals surface area contributed by atoms with Crippen LogP contribution < -0.4 is 51.4 Å². The van der Waals surface area contributed by atoms with E-state index >= 15 is 0 Å². The van der Waals surface area contributed by atoms with Gasteiger partial charge in [-0.15, -0.1) is 0 Å². The number of hydrogen-bond donors (Lipinski definition) is 0. The predicted molar refractivity (Wildman–Crippen MR) is 103 cm³/mol. The van der Waals surface area contributed by atoms with Gasteiger partial charge in [0.05, 0.1) is 26.4 Å². The number of likely N-dealkylation sites (tertiary alicyclic amines) is 1. The predicted octanol–water partition coefficient (Wildman–Crippen LogP) is 1.02. The summed E-state index contributed by atoms with van der Waals surface area (Å²) < 4.78 is 21.7. The van der Waals surface area contributed by atoms with E-state index in [2.05, 4.69) is 40.9 Å². The molecule has 0 aromatic heterocycles. The van der Waals surface area contributed by atoms with E-state index in [0.717, 1.165) is 26.4 Å². The van der Waals surface area contributed by atoms with Crippen LogP contribution in [0.5, 0.6) is 0 Å². The van der Waals surface area contributed by atoms with Crippen molar-refractivity contribution in [1.29, 1.82) is 0 Å². The van der Waals surface area contributed by atoms with Crippen LogP contribution in [0.25, 0.3) is 0 Å². The molecule has 7 heteroatoms. The maximum absolute atomic E-state index is 5.55. The molecule has 0 atom stereocenters. The molecule has 26 heavy (non-hydrogen) atoms. The fraction of sp³-hybridized carbons (Fsp3) is 0.789. The molecule has 3 heterocycles. The molecule has 0 N–H and O–H groups in total. The van der Waals surface area contributed by atoms with Crippen LogP contribution in [0.1, 0.15) is 34.5 Å². The van der Waals surface area contributed by atoms with Gasteiger partial charge in [0, 0.05) is 24.9 Å². The summed E-state index contributed by atoms with van der Waals surface area (Å²) in [4.78, 5) is 4.11. The average Bonchev–Trinajstić information content (AvgIpc) is 2.65. The Bertz CT molecular complexity index is 409. The van der Waals surface area contributed by atoms with Crippen LogP contribution in [0.4, 0.5) is 0 Å². The first-order valence-corrected chi connectivity index (χ1v) is 10.2. The second-order valence-electron chi connectivity index (χ2n) is 7.04. The Morgan fingerprint density at radius 3 is 1.73 bits per heavy atom. The van der Waals surface area contributed by atoms with Gasteiger partial charge in [-0.2, -0.15) is 0 Å². The van der Waals surface area contributed by atoms with Gasteiger partial charge in [-0.25, -0.2) is 0 Å². The zero-order chi connectivity index (χ0) is 17.9. The van der Waals surface area contributed by atoms with Crippen molar-refractivity contribution in [1.82, 2.24) is 4.90 Å². The Kier molecular flexibility index (Phi) is 14.7. The molecular formula is C19H33BrKNO4. The third-order valence-electron chi connectivity index (χ3n) is 4.25. The van der Waals surface area contributed by atoms with Crippen LogP contribution in [-0.4, -0.2) is 57.0 Å². The molecule has 3 fully saturated rings. The zero-order valence-corrected chi connectivity index (χ0v) is 21.2. The Balaban J connectivity index is 0.000000500. The maximum atomic E-state index is 5.55. The minimum absolute atomic E-state index is 0. The first kappa shape index (κ1) is 25.3. The summed E-state index contributed by atoms with van der Waals surface area (Å²) in [6, 6.07) is 0. The molecular weight excluding hydrogens is 425 g/mol. The van der Waals surface area contributed by atoms with Crippen molar-refractivity contribution in [2.75, 3.05) is 39.5 Å².